The monoisotopic (exact) mass is 305 g/mol. The number of hydrogen-bond acceptors (Lipinski definition) is 4. The standard InChI is InChI=1S/C17H23NO4/c1-3-6-20-11-13-9-14-15(10-13)21-8-5-18(14)17(19)16-12(2)4-7-22-16/h3-4,7,13-15H,1,5-6,8-11H2,2H3/t13?,14-,15-/m1/s1. The lowest BCUT2D eigenvalue weighted by Gasteiger charge is -2.37. The molecule has 0 spiro atoms. The fourth-order valence-electron chi connectivity index (χ4n) is 3.48. The Morgan fingerprint density at radius 2 is 2.41 bits per heavy atom. The summed E-state index contributed by atoms with van der Waals surface area (Å²) in [6.07, 6.45) is 5.32. The van der Waals surface area contributed by atoms with Crippen molar-refractivity contribution in [2.24, 2.45) is 5.92 Å². The second-order valence-electron chi connectivity index (χ2n) is 6.07. The molecule has 1 amide bonds. The predicted molar refractivity (Wildman–Crippen MR) is 81.7 cm³/mol. The minimum absolute atomic E-state index is 0.0199. The highest BCUT2D eigenvalue weighted by atomic mass is 16.5. The molecule has 1 aromatic heterocycles. The van der Waals surface area contributed by atoms with Crippen LogP contribution < -0.4 is 0 Å². The highest BCUT2D eigenvalue weighted by Crippen LogP contribution is 2.35. The molecular formula is C17H23NO4. The zero-order chi connectivity index (χ0) is 15.5. The second-order valence-corrected chi connectivity index (χ2v) is 6.07. The van der Waals surface area contributed by atoms with Gasteiger partial charge >= 0.3 is 0 Å². The summed E-state index contributed by atoms with van der Waals surface area (Å²) in [7, 11) is 0. The molecule has 3 rings (SSSR count). The van der Waals surface area contributed by atoms with Crippen molar-refractivity contribution in [1.29, 1.82) is 0 Å². The van der Waals surface area contributed by atoms with E-state index in [0.717, 1.165) is 18.4 Å². The molecule has 0 aromatic carbocycles. The largest absolute Gasteiger partial charge is 0.459 e. The first-order valence-electron chi connectivity index (χ1n) is 7.86. The van der Waals surface area contributed by atoms with E-state index in [4.69, 9.17) is 13.9 Å². The van der Waals surface area contributed by atoms with Crippen LogP contribution in [0.25, 0.3) is 0 Å². The summed E-state index contributed by atoms with van der Waals surface area (Å²) < 4.78 is 16.8. The molecule has 1 aliphatic carbocycles. The maximum atomic E-state index is 12.7. The molecule has 1 unspecified atom stereocenters. The van der Waals surface area contributed by atoms with E-state index in [2.05, 4.69) is 6.58 Å². The highest BCUT2D eigenvalue weighted by Gasteiger charge is 2.43. The molecule has 1 saturated carbocycles. The van der Waals surface area contributed by atoms with E-state index in [1.165, 1.54) is 0 Å². The van der Waals surface area contributed by atoms with Gasteiger partial charge < -0.3 is 18.8 Å². The Bertz CT molecular complexity index is 539. The summed E-state index contributed by atoms with van der Waals surface area (Å²) >= 11 is 0. The molecular weight excluding hydrogens is 282 g/mol. The first-order valence-corrected chi connectivity index (χ1v) is 7.86. The number of carbonyl (C=O) groups excluding carboxylic acids is 1. The Morgan fingerprint density at radius 3 is 3.14 bits per heavy atom. The lowest BCUT2D eigenvalue weighted by atomic mass is 10.1. The molecule has 0 bridgehead atoms. The van der Waals surface area contributed by atoms with Gasteiger partial charge in [-0.2, -0.15) is 0 Å². The van der Waals surface area contributed by atoms with Gasteiger partial charge in [-0.05, 0) is 31.7 Å². The number of amides is 1. The van der Waals surface area contributed by atoms with Crippen LogP contribution in [0, 0.1) is 12.8 Å². The summed E-state index contributed by atoms with van der Waals surface area (Å²) in [5.41, 5.74) is 0.886. The van der Waals surface area contributed by atoms with Crippen LogP contribution in [0.5, 0.6) is 0 Å². The highest BCUT2D eigenvalue weighted by molar-refractivity contribution is 5.93. The number of furan rings is 1. The second kappa shape index (κ2) is 6.67. The number of ether oxygens (including phenoxy) is 2. The fourth-order valence-corrected chi connectivity index (χ4v) is 3.48. The normalized spacial score (nSPS) is 27.7. The van der Waals surface area contributed by atoms with Crippen LogP contribution in [0.2, 0.25) is 0 Å². The van der Waals surface area contributed by atoms with Crippen molar-refractivity contribution in [3.63, 3.8) is 0 Å². The molecule has 0 N–H and O–H groups in total. The van der Waals surface area contributed by atoms with Crippen molar-refractivity contribution >= 4 is 5.91 Å². The molecule has 2 heterocycles. The summed E-state index contributed by atoms with van der Waals surface area (Å²) in [6, 6.07) is 1.95. The molecule has 2 aliphatic rings. The van der Waals surface area contributed by atoms with Crippen LogP contribution >= 0.6 is 0 Å². The minimum atomic E-state index is -0.0199. The number of morpholine rings is 1. The van der Waals surface area contributed by atoms with E-state index in [1.54, 1.807) is 12.3 Å². The van der Waals surface area contributed by atoms with E-state index < -0.39 is 0 Å². The average Bonchev–Trinajstić information content (AvgIpc) is 3.12. The van der Waals surface area contributed by atoms with E-state index in [9.17, 15) is 4.79 Å². The minimum Gasteiger partial charge on any atom is -0.459 e. The van der Waals surface area contributed by atoms with Crippen LogP contribution in [0.4, 0.5) is 0 Å². The van der Waals surface area contributed by atoms with Gasteiger partial charge in [0.2, 0.25) is 0 Å². The Balaban J connectivity index is 1.67. The Morgan fingerprint density at radius 1 is 1.55 bits per heavy atom. The Kier molecular flexibility index (Phi) is 4.64. The van der Waals surface area contributed by atoms with Gasteiger partial charge in [-0.25, -0.2) is 0 Å². The molecule has 3 atom stereocenters. The van der Waals surface area contributed by atoms with E-state index >= 15 is 0 Å². The van der Waals surface area contributed by atoms with Gasteiger partial charge in [0.1, 0.15) is 0 Å². The van der Waals surface area contributed by atoms with E-state index in [-0.39, 0.29) is 18.1 Å². The predicted octanol–water partition coefficient (Wildman–Crippen LogP) is 2.41. The molecule has 1 aliphatic heterocycles. The molecule has 5 nitrogen and oxygen atoms in total. The molecule has 5 heteroatoms. The lowest BCUT2D eigenvalue weighted by Crippen LogP contribution is -2.51. The van der Waals surface area contributed by atoms with E-state index in [1.807, 2.05) is 17.9 Å². The number of nitrogens with zero attached hydrogens (tertiary/aromatic N) is 1. The topological polar surface area (TPSA) is 51.9 Å². The van der Waals surface area contributed by atoms with Crippen LogP contribution in [0.15, 0.2) is 29.4 Å². The number of rotatable bonds is 5. The third-order valence-corrected chi connectivity index (χ3v) is 4.54. The Hall–Kier alpha value is -1.59. The van der Waals surface area contributed by atoms with Gasteiger partial charge in [0.15, 0.2) is 5.76 Å². The van der Waals surface area contributed by atoms with E-state index in [0.29, 0.717) is 38.0 Å². The molecule has 1 aromatic rings. The lowest BCUT2D eigenvalue weighted by molar-refractivity contribution is -0.0458. The number of fused-ring (bicyclic) bond motifs is 1. The van der Waals surface area contributed by atoms with Crippen molar-refractivity contribution in [3.8, 4) is 0 Å². The SMILES string of the molecule is C=CCOCC1C[C@@H]2[C@@H](C1)OCCN2C(=O)c1occc1C. The third-order valence-electron chi connectivity index (χ3n) is 4.54. The molecule has 0 radical (unpaired) electrons. The third kappa shape index (κ3) is 2.96. The van der Waals surface area contributed by atoms with Crippen molar-refractivity contribution < 1.29 is 18.7 Å². The summed E-state index contributed by atoms with van der Waals surface area (Å²) in [4.78, 5) is 14.6. The number of aryl methyl sites for hydroxylation is 1. The Labute approximate surface area is 130 Å². The van der Waals surface area contributed by atoms with Gasteiger partial charge in [-0.15, -0.1) is 6.58 Å². The quantitative estimate of drug-likeness (QED) is 0.619. The van der Waals surface area contributed by atoms with Gasteiger partial charge in [0.05, 0.1) is 31.6 Å². The van der Waals surface area contributed by atoms with Crippen LogP contribution in [-0.4, -0.2) is 49.3 Å². The van der Waals surface area contributed by atoms with Crippen molar-refractivity contribution in [3.05, 3.63) is 36.3 Å². The van der Waals surface area contributed by atoms with Crippen molar-refractivity contribution in [2.75, 3.05) is 26.4 Å². The zero-order valence-corrected chi connectivity index (χ0v) is 13.0. The van der Waals surface area contributed by atoms with Crippen LogP contribution in [0.3, 0.4) is 0 Å². The molecule has 120 valence electrons. The summed E-state index contributed by atoms with van der Waals surface area (Å²) in [5.74, 6) is 0.863. The fraction of sp³-hybridized carbons (Fsp3) is 0.588. The van der Waals surface area contributed by atoms with Gasteiger partial charge in [-0.3, -0.25) is 4.79 Å². The average molecular weight is 305 g/mol. The smallest absolute Gasteiger partial charge is 0.290 e. The maximum absolute atomic E-state index is 12.7. The molecule has 1 saturated heterocycles. The van der Waals surface area contributed by atoms with Crippen molar-refractivity contribution in [1.82, 2.24) is 4.90 Å². The molecule has 22 heavy (non-hydrogen) atoms. The van der Waals surface area contributed by atoms with Gasteiger partial charge in [0, 0.05) is 18.7 Å². The molecule has 2 fully saturated rings. The van der Waals surface area contributed by atoms with Gasteiger partial charge in [0.25, 0.3) is 5.91 Å². The first kappa shape index (κ1) is 15.3. The van der Waals surface area contributed by atoms with Gasteiger partial charge in [-0.1, -0.05) is 6.08 Å². The van der Waals surface area contributed by atoms with Crippen LogP contribution in [-0.2, 0) is 9.47 Å². The zero-order valence-electron chi connectivity index (χ0n) is 13.0. The summed E-state index contributed by atoms with van der Waals surface area (Å²) in [5, 5.41) is 0. The first-order chi connectivity index (χ1) is 10.7. The van der Waals surface area contributed by atoms with Crippen molar-refractivity contribution in [2.45, 2.75) is 31.9 Å². The summed E-state index contributed by atoms with van der Waals surface area (Å²) in [6.45, 7) is 8.04. The van der Waals surface area contributed by atoms with Crippen LogP contribution in [0.1, 0.15) is 29.0 Å². The number of hydrogen-bond donors (Lipinski definition) is 0. The number of carbonyl (C=O) groups is 1. The maximum Gasteiger partial charge on any atom is 0.290 e.